The Hall–Kier alpha value is -5.94. The van der Waals surface area contributed by atoms with E-state index in [9.17, 15) is 19.2 Å². The highest BCUT2D eigenvalue weighted by atomic mass is 79.9. The molecule has 0 radical (unpaired) electrons. The van der Waals surface area contributed by atoms with Gasteiger partial charge in [0.2, 0.25) is 0 Å². The van der Waals surface area contributed by atoms with E-state index in [4.69, 9.17) is 28.4 Å². The number of rotatable bonds is 12. The number of esters is 4. The molecule has 5 aromatic rings. The maximum atomic E-state index is 12.9. The first-order valence-electron chi connectivity index (χ1n) is 15.1. The van der Waals surface area contributed by atoms with E-state index < -0.39 is 23.9 Å². The number of carbonyl (C=O) groups is 4. The predicted octanol–water partition coefficient (Wildman–Crippen LogP) is 8.12. The minimum Gasteiger partial charge on any atom is -0.494 e. The Morgan fingerprint density at radius 3 is 1.10 bits per heavy atom. The van der Waals surface area contributed by atoms with Gasteiger partial charge in [0.1, 0.15) is 34.5 Å². The SMILES string of the molecule is CCOc1ccc(C(=O)Oc2ccc(C(=O)Oc3ccc(Br)c(OC(=O)c4ccc(OC(=O)c5ccc(OCC)cc5)cc4)c3)cc2)cc1. The molecule has 0 bridgehead atoms. The second-order valence-electron chi connectivity index (χ2n) is 10.1. The summed E-state index contributed by atoms with van der Waals surface area (Å²) in [6, 6.07) is 29.3. The van der Waals surface area contributed by atoms with Gasteiger partial charge < -0.3 is 28.4 Å². The molecule has 0 aromatic heterocycles. The maximum absolute atomic E-state index is 12.9. The van der Waals surface area contributed by atoms with Gasteiger partial charge in [-0.1, -0.05) is 0 Å². The third-order valence-electron chi connectivity index (χ3n) is 6.72. The van der Waals surface area contributed by atoms with Gasteiger partial charge in [-0.05, 0) is 139 Å². The van der Waals surface area contributed by atoms with Crippen molar-refractivity contribution in [1.82, 2.24) is 0 Å². The zero-order chi connectivity index (χ0) is 34.8. The van der Waals surface area contributed by atoms with Gasteiger partial charge in [0.25, 0.3) is 0 Å². The Morgan fingerprint density at radius 2 is 0.735 bits per heavy atom. The zero-order valence-electron chi connectivity index (χ0n) is 26.3. The van der Waals surface area contributed by atoms with Gasteiger partial charge in [0, 0.05) is 6.07 Å². The van der Waals surface area contributed by atoms with Crippen LogP contribution >= 0.6 is 15.9 Å². The van der Waals surface area contributed by atoms with Crippen molar-refractivity contribution in [3.05, 3.63) is 142 Å². The van der Waals surface area contributed by atoms with Crippen LogP contribution in [-0.4, -0.2) is 37.1 Å². The van der Waals surface area contributed by atoms with E-state index >= 15 is 0 Å². The summed E-state index contributed by atoms with van der Waals surface area (Å²) in [5.41, 5.74) is 1.08. The van der Waals surface area contributed by atoms with E-state index in [0.717, 1.165) is 0 Å². The molecule has 0 aliphatic heterocycles. The van der Waals surface area contributed by atoms with Gasteiger partial charge >= 0.3 is 23.9 Å². The monoisotopic (exact) mass is 724 g/mol. The molecule has 0 saturated carbocycles. The Labute approximate surface area is 290 Å². The fraction of sp³-hybridized carbons (Fsp3) is 0.105. The van der Waals surface area contributed by atoms with Gasteiger partial charge in [0.15, 0.2) is 0 Å². The van der Waals surface area contributed by atoms with E-state index in [1.54, 1.807) is 54.6 Å². The van der Waals surface area contributed by atoms with Crippen molar-refractivity contribution in [3.63, 3.8) is 0 Å². The van der Waals surface area contributed by atoms with Crippen LogP contribution < -0.4 is 28.4 Å². The minimum atomic E-state index is -0.691. The Bertz CT molecular complexity index is 1940. The normalized spacial score (nSPS) is 10.4. The molecule has 49 heavy (non-hydrogen) atoms. The Morgan fingerprint density at radius 1 is 0.429 bits per heavy atom. The van der Waals surface area contributed by atoms with Gasteiger partial charge in [0.05, 0.1) is 39.9 Å². The summed E-state index contributed by atoms with van der Waals surface area (Å²) in [5, 5.41) is 0. The number of hydrogen-bond donors (Lipinski definition) is 0. The summed E-state index contributed by atoms with van der Waals surface area (Å²) in [6.07, 6.45) is 0. The van der Waals surface area contributed by atoms with Crippen LogP contribution in [0.4, 0.5) is 0 Å². The highest BCUT2D eigenvalue weighted by Crippen LogP contribution is 2.31. The molecular weight excluding hydrogens is 696 g/mol. The number of ether oxygens (including phenoxy) is 6. The van der Waals surface area contributed by atoms with Crippen molar-refractivity contribution >= 4 is 39.8 Å². The topological polar surface area (TPSA) is 124 Å². The summed E-state index contributed by atoms with van der Waals surface area (Å²) in [7, 11) is 0. The second-order valence-corrected chi connectivity index (χ2v) is 11.0. The van der Waals surface area contributed by atoms with Crippen LogP contribution in [0, 0.1) is 0 Å². The zero-order valence-corrected chi connectivity index (χ0v) is 27.9. The molecule has 0 atom stereocenters. The predicted molar refractivity (Wildman–Crippen MR) is 182 cm³/mol. The van der Waals surface area contributed by atoms with E-state index in [1.807, 2.05) is 13.8 Å². The lowest BCUT2D eigenvalue weighted by Gasteiger charge is -2.10. The molecule has 11 heteroatoms. The molecule has 248 valence electrons. The fourth-order valence-corrected chi connectivity index (χ4v) is 4.64. The van der Waals surface area contributed by atoms with Crippen molar-refractivity contribution in [1.29, 1.82) is 0 Å². The molecule has 0 aliphatic carbocycles. The van der Waals surface area contributed by atoms with Crippen LogP contribution in [0.15, 0.2) is 120 Å². The average molecular weight is 726 g/mol. The minimum absolute atomic E-state index is 0.109. The van der Waals surface area contributed by atoms with Crippen molar-refractivity contribution in [3.8, 4) is 34.5 Å². The molecule has 0 heterocycles. The van der Waals surface area contributed by atoms with Crippen LogP contribution in [0.3, 0.4) is 0 Å². The van der Waals surface area contributed by atoms with Crippen LogP contribution in [0.2, 0.25) is 0 Å². The standard InChI is InChI=1S/C38H29BrO10/c1-3-44-28-13-5-24(6-14-28)35(40)46-30-17-9-26(10-18-30)37(42)48-32-21-22-33(39)34(23-32)49-38(43)27-11-19-31(20-12-27)47-36(41)25-7-15-29(16-8-25)45-4-2/h5-23H,3-4H2,1-2H3. The fourth-order valence-electron chi connectivity index (χ4n) is 4.31. The summed E-state index contributed by atoms with van der Waals surface area (Å²) < 4.78 is 33.0. The summed E-state index contributed by atoms with van der Waals surface area (Å²) in [5.74, 6) is -0.491. The lowest BCUT2D eigenvalue weighted by atomic mass is 10.2. The molecule has 0 unspecified atom stereocenters. The first kappa shape index (κ1) is 34.4. The molecule has 0 N–H and O–H groups in total. The Balaban J connectivity index is 1.15. The van der Waals surface area contributed by atoms with Crippen molar-refractivity contribution < 1.29 is 47.6 Å². The molecule has 0 fully saturated rings. The van der Waals surface area contributed by atoms with E-state index in [2.05, 4.69) is 15.9 Å². The molecule has 10 nitrogen and oxygen atoms in total. The highest BCUT2D eigenvalue weighted by molar-refractivity contribution is 9.10. The number of carbonyl (C=O) groups excluding carboxylic acids is 4. The third-order valence-corrected chi connectivity index (χ3v) is 7.37. The molecular formula is C38H29BrO10. The van der Waals surface area contributed by atoms with Gasteiger partial charge in [-0.25, -0.2) is 19.2 Å². The molecule has 5 aromatic carbocycles. The van der Waals surface area contributed by atoms with Crippen LogP contribution in [0.1, 0.15) is 55.3 Å². The second kappa shape index (κ2) is 16.2. The van der Waals surface area contributed by atoms with Crippen molar-refractivity contribution in [2.45, 2.75) is 13.8 Å². The van der Waals surface area contributed by atoms with Crippen LogP contribution in [0.5, 0.6) is 34.5 Å². The number of benzene rings is 5. The van der Waals surface area contributed by atoms with E-state index in [1.165, 1.54) is 60.7 Å². The summed E-state index contributed by atoms with van der Waals surface area (Å²) in [6.45, 7) is 4.76. The van der Waals surface area contributed by atoms with Crippen LogP contribution in [0.25, 0.3) is 0 Å². The lowest BCUT2D eigenvalue weighted by Crippen LogP contribution is -2.11. The molecule has 5 rings (SSSR count). The van der Waals surface area contributed by atoms with E-state index in [-0.39, 0.29) is 34.1 Å². The van der Waals surface area contributed by atoms with Crippen LogP contribution in [-0.2, 0) is 0 Å². The summed E-state index contributed by atoms with van der Waals surface area (Å²) in [4.78, 5) is 50.7. The number of hydrogen-bond acceptors (Lipinski definition) is 10. The van der Waals surface area contributed by atoms with Gasteiger partial charge in [-0.3, -0.25) is 0 Å². The summed E-state index contributed by atoms with van der Waals surface area (Å²) >= 11 is 3.34. The first-order valence-corrected chi connectivity index (χ1v) is 15.9. The molecule has 0 spiro atoms. The average Bonchev–Trinajstić information content (AvgIpc) is 3.11. The molecule has 0 aliphatic rings. The molecule has 0 amide bonds. The smallest absolute Gasteiger partial charge is 0.343 e. The van der Waals surface area contributed by atoms with Crippen molar-refractivity contribution in [2.24, 2.45) is 0 Å². The quantitative estimate of drug-likeness (QED) is 0.0920. The van der Waals surface area contributed by atoms with Gasteiger partial charge in [-0.15, -0.1) is 0 Å². The van der Waals surface area contributed by atoms with Crippen molar-refractivity contribution in [2.75, 3.05) is 13.2 Å². The maximum Gasteiger partial charge on any atom is 0.343 e. The largest absolute Gasteiger partial charge is 0.494 e. The number of halogens is 1. The highest BCUT2D eigenvalue weighted by Gasteiger charge is 2.16. The van der Waals surface area contributed by atoms with E-state index in [0.29, 0.717) is 40.3 Å². The lowest BCUT2D eigenvalue weighted by molar-refractivity contribution is 0.0722. The molecule has 0 saturated heterocycles. The van der Waals surface area contributed by atoms with Gasteiger partial charge in [-0.2, -0.15) is 0 Å². The first-order chi connectivity index (χ1) is 23.7. The third kappa shape index (κ3) is 9.33. The Kier molecular flexibility index (Phi) is 11.4.